The molecular formula is C21H22FNO2. The van der Waals surface area contributed by atoms with Gasteiger partial charge in [0.25, 0.3) is 0 Å². The molecular weight excluding hydrogens is 317 g/mol. The molecule has 4 heteroatoms. The molecule has 1 heterocycles. The van der Waals surface area contributed by atoms with Crippen LogP contribution >= 0.6 is 0 Å². The molecule has 0 spiro atoms. The van der Waals surface area contributed by atoms with Crippen LogP contribution < -0.4 is 4.74 Å². The molecule has 3 aromatic rings. The van der Waals surface area contributed by atoms with E-state index in [4.69, 9.17) is 4.74 Å². The summed E-state index contributed by atoms with van der Waals surface area (Å²) < 4.78 is 21.6. The minimum Gasteiger partial charge on any atom is -0.490 e. The molecule has 3 rings (SSSR count). The van der Waals surface area contributed by atoms with Gasteiger partial charge < -0.3 is 9.30 Å². The van der Waals surface area contributed by atoms with Crippen molar-refractivity contribution in [2.24, 2.45) is 7.05 Å². The predicted octanol–water partition coefficient (Wildman–Crippen LogP) is 4.46. The molecule has 2 aromatic carbocycles. The molecule has 1 aromatic heterocycles. The Morgan fingerprint density at radius 1 is 1.16 bits per heavy atom. The van der Waals surface area contributed by atoms with E-state index in [1.54, 1.807) is 6.07 Å². The topological polar surface area (TPSA) is 31.2 Å². The molecule has 0 fully saturated rings. The van der Waals surface area contributed by atoms with Crippen LogP contribution in [0.4, 0.5) is 4.39 Å². The fourth-order valence-corrected chi connectivity index (χ4v) is 3.17. The van der Waals surface area contributed by atoms with Crippen molar-refractivity contribution in [3.05, 3.63) is 65.6 Å². The van der Waals surface area contributed by atoms with Gasteiger partial charge in [0.05, 0.1) is 12.1 Å². The van der Waals surface area contributed by atoms with Crippen molar-refractivity contribution in [3.8, 4) is 5.75 Å². The molecule has 0 atom stereocenters. The molecule has 0 unspecified atom stereocenters. The van der Waals surface area contributed by atoms with Crippen LogP contribution in [-0.4, -0.2) is 17.0 Å². The van der Waals surface area contributed by atoms with Gasteiger partial charge in [0, 0.05) is 31.5 Å². The standard InChI is InChI=1S/C21H22FNO2/c1-3-25-21-18(22)11-12-19-20(21)16(14-23(19)2)13-17(24)10-9-15-7-5-4-6-8-15/h4-8,11-12,14H,3,9-10,13H2,1-2H3. The quantitative estimate of drug-likeness (QED) is 0.636. The second-order valence-corrected chi connectivity index (χ2v) is 6.17. The Morgan fingerprint density at radius 2 is 1.92 bits per heavy atom. The number of ketones is 1. The van der Waals surface area contributed by atoms with Gasteiger partial charge >= 0.3 is 0 Å². The summed E-state index contributed by atoms with van der Waals surface area (Å²) in [5.74, 6) is -0.00643. The van der Waals surface area contributed by atoms with E-state index >= 15 is 0 Å². The van der Waals surface area contributed by atoms with Gasteiger partial charge in [0.2, 0.25) is 0 Å². The van der Waals surface area contributed by atoms with E-state index < -0.39 is 5.82 Å². The van der Waals surface area contributed by atoms with Crippen LogP contribution in [0.5, 0.6) is 5.75 Å². The van der Waals surface area contributed by atoms with Crippen molar-refractivity contribution in [1.82, 2.24) is 4.57 Å². The molecule has 25 heavy (non-hydrogen) atoms. The Hall–Kier alpha value is -2.62. The van der Waals surface area contributed by atoms with Crippen molar-refractivity contribution in [1.29, 1.82) is 0 Å². The Bertz CT molecular complexity index is 884. The predicted molar refractivity (Wildman–Crippen MR) is 97.5 cm³/mol. The van der Waals surface area contributed by atoms with Gasteiger partial charge in [-0.1, -0.05) is 30.3 Å². The average Bonchev–Trinajstić information content (AvgIpc) is 2.92. The highest BCUT2D eigenvalue weighted by Crippen LogP contribution is 2.33. The molecule has 0 bridgehead atoms. The average molecular weight is 339 g/mol. The zero-order valence-corrected chi connectivity index (χ0v) is 14.6. The van der Waals surface area contributed by atoms with E-state index in [1.807, 2.05) is 55.1 Å². The largest absolute Gasteiger partial charge is 0.490 e. The normalized spacial score (nSPS) is 11.0. The third-order valence-corrected chi connectivity index (χ3v) is 4.35. The highest BCUT2D eigenvalue weighted by Gasteiger charge is 2.18. The summed E-state index contributed by atoms with van der Waals surface area (Å²) in [6.45, 7) is 2.21. The molecule has 0 saturated carbocycles. The van der Waals surface area contributed by atoms with E-state index in [0.717, 1.165) is 23.1 Å². The Morgan fingerprint density at radius 3 is 2.64 bits per heavy atom. The fourth-order valence-electron chi connectivity index (χ4n) is 3.17. The summed E-state index contributed by atoms with van der Waals surface area (Å²) in [7, 11) is 1.90. The molecule has 0 aliphatic heterocycles. The summed E-state index contributed by atoms with van der Waals surface area (Å²) >= 11 is 0. The summed E-state index contributed by atoms with van der Waals surface area (Å²) in [6.07, 6.45) is 3.37. The molecule has 3 nitrogen and oxygen atoms in total. The highest BCUT2D eigenvalue weighted by molar-refractivity contribution is 5.94. The Kier molecular flexibility index (Phi) is 5.17. The van der Waals surface area contributed by atoms with Crippen molar-refractivity contribution < 1.29 is 13.9 Å². The highest BCUT2D eigenvalue weighted by atomic mass is 19.1. The van der Waals surface area contributed by atoms with Crippen LogP contribution in [0.3, 0.4) is 0 Å². The first-order valence-electron chi connectivity index (χ1n) is 8.55. The maximum Gasteiger partial charge on any atom is 0.165 e. The van der Waals surface area contributed by atoms with E-state index in [9.17, 15) is 9.18 Å². The van der Waals surface area contributed by atoms with Gasteiger partial charge in [-0.15, -0.1) is 0 Å². The summed E-state index contributed by atoms with van der Waals surface area (Å²) in [5, 5.41) is 0.706. The number of hydrogen-bond donors (Lipinski definition) is 0. The van der Waals surface area contributed by atoms with E-state index in [2.05, 4.69) is 0 Å². The van der Waals surface area contributed by atoms with E-state index in [-0.39, 0.29) is 18.0 Å². The lowest BCUT2D eigenvalue weighted by Crippen LogP contribution is -2.05. The molecule has 0 aliphatic rings. The van der Waals surface area contributed by atoms with Crippen molar-refractivity contribution >= 4 is 16.7 Å². The number of carbonyl (C=O) groups excluding carboxylic acids is 1. The van der Waals surface area contributed by atoms with Crippen LogP contribution in [0, 0.1) is 5.82 Å². The monoisotopic (exact) mass is 339 g/mol. The fraction of sp³-hybridized carbons (Fsp3) is 0.286. The molecule has 0 saturated heterocycles. The Balaban J connectivity index is 1.83. The van der Waals surface area contributed by atoms with Crippen LogP contribution in [0.15, 0.2) is 48.7 Å². The zero-order chi connectivity index (χ0) is 17.8. The summed E-state index contributed by atoms with van der Waals surface area (Å²) in [4.78, 5) is 12.4. The number of aryl methyl sites for hydroxylation is 2. The van der Waals surface area contributed by atoms with Crippen LogP contribution in [0.25, 0.3) is 10.9 Å². The molecule has 130 valence electrons. The van der Waals surface area contributed by atoms with Gasteiger partial charge in [-0.25, -0.2) is 4.39 Å². The lowest BCUT2D eigenvalue weighted by atomic mass is 10.0. The van der Waals surface area contributed by atoms with Gasteiger partial charge in [0.15, 0.2) is 11.6 Å². The van der Waals surface area contributed by atoms with Crippen molar-refractivity contribution in [3.63, 3.8) is 0 Å². The number of ether oxygens (including phenoxy) is 1. The maximum atomic E-state index is 14.2. The van der Waals surface area contributed by atoms with Crippen LogP contribution in [0.2, 0.25) is 0 Å². The lowest BCUT2D eigenvalue weighted by molar-refractivity contribution is -0.118. The van der Waals surface area contributed by atoms with Gasteiger partial charge in [-0.2, -0.15) is 0 Å². The van der Waals surface area contributed by atoms with E-state index in [1.165, 1.54) is 6.07 Å². The summed E-state index contributed by atoms with van der Waals surface area (Å²) in [6, 6.07) is 13.1. The van der Waals surface area contributed by atoms with Crippen LogP contribution in [0.1, 0.15) is 24.5 Å². The van der Waals surface area contributed by atoms with Gasteiger partial charge in [0.1, 0.15) is 5.78 Å². The second kappa shape index (κ2) is 7.51. The number of nitrogens with zero attached hydrogens (tertiary/aromatic N) is 1. The van der Waals surface area contributed by atoms with Crippen molar-refractivity contribution in [2.45, 2.75) is 26.2 Å². The molecule has 0 aliphatic carbocycles. The number of hydrogen-bond acceptors (Lipinski definition) is 2. The second-order valence-electron chi connectivity index (χ2n) is 6.17. The zero-order valence-electron chi connectivity index (χ0n) is 14.6. The minimum atomic E-state index is -0.390. The number of aromatic nitrogens is 1. The number of carbonyl (C=O) groups is 1. The van der Waals surface area contributed by atoms with E-state index in [0.29, 0.717) is 18.4 Å². The number of halogens is 1. The number of benzene rings is 2. The molecule has 0 amide bonds. The lowest BCUT2D eigenvalue weighted by Gasteiger charge is -2.08. The smallest absolute Gasteiger partial charge is 0.165 e. The Labute approximate surface area is 147 Å². The SMILES string of the molecule is CCOc1c(F)ccc2c1c(CC(=O)CCc1ccccc1)cn2C. The molecule has 0 N–H and O–H groups in total. The number of Topliss-reactive ketones (excluding diaryl/α,β-unsaturated/α-hetero) is 1. The van der Waals surface area contributed by atoms with Gasteiger partial charge in [-0.3, -0.25) is 4.79 Å². The van der Waals surface area contributed by atoms with Gasteiger partial charge in [-0.05, 0) is 36.6 Å². The summed E-state index contributed by atoms with van der Waals surface area (Å²) in [5.41, 5.74) is 2.84. The maximum absolute atomic E-state index is 14.2. The minimum absolute atomic E-state index is 0.142. The first-order valence-corrected chi connectivity index (χ1v) is 8.55. The number of fused-ring (bicyclic) bond motifs is 1. The van der Waals surface area contributed by atoms with Crippen LogP contribution in [-0.2, 0) is 24.7 Å². The third kappa shape index (κ3) is 3.73. The third-order valence-electron chi connectivity index (χ3n) is 4.35. The molecule has 0 radical (unpaired) electrons. The number of rotatable bonds is 7. The van der Waals surface area contributed by atoms with Crippen molar-refractivity contribution in [2.75, 3.05) is 6.61 Å². The first kappa shape index (κ1) is 17.2. The first-order chi connectivity index (χ1) is 12.1.